The lowest BCUT2D eigenvalue weighted by Crippen LogP contribution is -1.88. The minimum absolute atomic E-state index is 0.721. The SMILES string of the molecule is Cc1ccccc1/C=C\c1c(C=O)ccc2ccccc12. The molecule has 0 heterocycles. The fourth-order valence-corrected chi connectivity index (χ4v) is 2.55. The number of rotatable bonds is 3. The van der Waals surface area contributed by atoms with Crippen LogP contribution < -0.4 is 0 Å². The van der Waals surface area contributed by atoms with Crippen LogP contribution in [0.2, 0.25) is 0 Å². The lowest BCUT2D eigenvalue weighted by molar-refractivity contribution is 0.112. The minimum atomic E-state index is 0.721. The van der Waals surface area contributed by atoms with Crippen LogP contribution in [-0.2, 0) is 0 Å². The molecule has 102 valence electrons. The summed E-state index contributed by atoms with van der Waals surface area (Å²) in [5, 5.41) is 2.25. The van der Waals surface area contributed by atoms with E-state index in [1.165, 1.54) is 11.1 Å². The third-order valence-electron chi connectivity index (χ3n) is 3.75. The van der Waals surface area contributed by atoms with Gasteiger partial charge in [0.25, 0.3) is 0 Å². The molecule has 0 aliphatic carbocycles. The molecule has 1 nitrogen and oxygen atoms in total. The van der Waals surface area contributed by atoms with E-state index in [1.807, 2.05) is 42.5 Å². The maximum absolute atomic E-state index is 11.3. The summed E-state index contributed by atoms with van der Waals surface area (Å²) in [5.74, 6) is 0. The number of carbonyl (C=O) groups excluding carboxylic acids is 1. The molecule has 0 amide bonds. The summed E-state index contributed by atoms with van der Waals surface area (Å²) in [6, 6.07) is 20.2. The van der Waals surface area contributed by atoms with Crippen LogP contribution in [0.25, 0.3) is 22.9 Å². The summed E-state index contributed by atoms with van der Waals surface area (Å²) in [5.41, 5.74) is 4.09. The molecule has 3 aromatic rings. The number of carbonyl (C=O) groups is 1. The predicted molar refractivity (Wildman–Crippen MR) is 89.4 cm³/mol. The highest BCUT2D eigenvalue weighted by molar-refractivity contribution is 5.99. The Hall–Kier alpha value is -2.67. The maximum Gasteiger partial charge on any atom is 0.150 e. The molecule has 0 atom stereocenters. The Labute approximate surface area is 124 Å². The zero-order valence-electron chi connectivity index (χ0n) is 11.9. The molecule has 0 aliphatic rings. The molecule has 0 aromatic heterocycles. The minimum Gasteiger partial charge on any atom is -0.298 e. The molecule has 3 aromatic carbocycles. The number of hydrogen-bond acceptors (Lipinski definition) is 1. The summed E-state index contributed by atoms with van der Waals surface area (Å²) in [6.45, 7) is 2.09. The van der Waals surface area contributed by atoms with Gasteiger partial charge in [-0.1, -0.05) is 72.8 Å². The zero-order chi connectivity index (χ0) is 14.7. The van der Waals surface area contributed by atoms with Gasteiger partial charge >= 0.3 is 0 Å². The van der Waals surface area contributed by atoms with Gasteiger partial charge in [-0.3, -0.25) is 4.79 Å². The Bertz CT molecular complexity index is 828. The van der Waals surface area contributed by atoms with Gasteiger partial charge in [-0.2, -0.15) is 0 Å². The summed E-state index contributed by atoms with van der Waals surface area (Å²) in [4.78, 5) is 11.3. The fourth-order valence-electron chi connectivity index (χ4n) is 2.55. The van der Waals surface area contributed by atoms with E-state index < -0.39 is 0 Å². The Morgan fingerprint density at radius 3 is 2.33 bits per heavy atom. The number of benzene rings is 3. The summed E-state index contributed by atoms with van der Waals surface area (Å²) in [7, 11) is 0. The molecule has 0 radical (unpaired) electrons. The number of hydrogen-bond donors (Lipinski definition) is 0. The van der Waals surface area contributed by atoms with E-state index in [9.17, 15) is 4.79 Å². The summed E-state index contributed by atoms with van der Waals surface area (Å²) in [6.07, 6.45) is 5.03. The molecular weight excluding hydrogens is 256 g/mol. The standard InChI is InChI=1S/C20H16O/c1-15-6-2-3-7-16(15)12-13-20-18(14-21)11-10-17-8-4-5-9-19(17)20/h2-14H,1H3/b13-12-. The van der Waals surface area contributed by atoms with Crippen molar-refractivity contribution in [3.05, 3.63) is 82.9 Å². The summed E-state index contributed by atoms with van der Waals surface area (Å²) >= 11 is 0. The van der Waals surface area contributed by atoms with E-state index in [0.29, 0.717) is 0 Å². The molecular formula is C20H16O. The Morgan fingerprint density at radius 2 is 1.52 bits per heavy atom. The van der Waals surface area contributed by atoms with Crippen molar-refractivity contribution in [2.45, 2.75) is 6.92 Å². The first kappa shape index (κ1) is 13.3. The van der Waals surface area contributed by atoms with Crippen LogP contribution >= 0.6 is 0 Å². The molecule has 0 N–H and O–H groups in total. The summed E-state index contributed by atoms with van der Waals surface area (Å²) < 4.78 is 0. The van der Waals surface area contributed by atoms with E-state index in [4.69, 9.17) is 0 Å². The number of aldehydes is 1. The highest BCUT2D eigenvalue weighted by Gasteiger charge is 2.04. The number of aryl methyl sites for hydroxylation is 1. The molecule has 0 saturated carbocycles. The van der Waals surface area contributed by atoms with Gasteiger partial charge in [-0.05, 0) is 34.4 Å². The lowest BCUT2D eigenvalue weighted by atomic mass is 9.98. The molecule has 1 heteroatoms. The van der Waals surface area contributed by atoms with E-state index in [1.54, 1.807) is 0 Å². The van der Waals surface area contributed by atoms with Gasteiger partial charge in [-0.25, -0.2) is 0 Å². The first-order chi connectivity index (χ1) is 10.3. The van der Waals surface area contributed by atoms with Crippen LogP contribution in [0.5, 0.6) is 0 Å². The van der Waals surface area contributed by atoms with Crippen molar-refractivity contribution in [2.75, 3.05) is 0 Å². The second-order valence-corrected chi connectivity index (χ2v) is 5.10. The second kappa shape index (κ2) is 5.76. The Morgan fingerprint density at radius 1 is 0.762 bits per heavy atom. The average Bonchev–Trinajstić information content (AvgIpc) is 2.53. The van der Waals surface area contributed by atoms with Crippen molar-refractivity contribution < 1.29 is 4.79 Å². The first-order valence-electron chi connectivity index (χ1n) is 7.00. The molecule has 3 rings (SSSR count). The van der Waals surface area contributed by atoms with Crippen LogP contribution in [0.1, 0.15) is 27.0 Å². The van der Waals surface area contributed by atoms with Gasteiger partial charge in [0.05, 0.1) is 0 Å². The van der Waals surface area contributed by atoms with Crippen LogP contribution in [0, 0.1) is 6.92 Å². The van der Waals surface area contributed by atoms with E-state index >= 15 is 0 Å². The van der Waals surface area contributed by atoms with Crippen molar-refractivity contribution in [3.8, 4) is 0 Å². The van der Waals surface area contributed by atoms with E-state index in [-0.39, 0.29) is 0 Å². The third-order valence-corrected chi connectivity index (χ3v) is 3.75. The van der Waals surface area contributed by atoms with Crippen molar-refractivity contribution in [2.24, 2.45) is 0 Å². The van der Waals surface area contributed by atoms with Crippen LogP contribution in [0.4, 0.5) is 0 Å². The van der Waals surface area contributed by atoms with Crippen LogP contribution in [-0.4, -0.2) is 6.29 Å². The van der Waals surface area contributed by atoms with Gasteiger partial charge in [0.2, 0.25) is 0 Å². The third kappa shape index (κ3) is 2.63. The van der Waals surface area contributed by atoms with Crippen molar-refractivity contribution >= 4 is 29.2 Å². The van der Waals surface area contributed by atoms with Crippen LogP contribution in [0.15, 0.2) is 60.7 Å². The van der Waals surface area contributed by atoms with Gasteiger partial charge in [-0.15, -0.1) is 0 Å². The topological polar surface area (TPSA) is 17.1 Å². The second-order valence-electron chi connectivity index (χ2n) is 5.10. The molecule has 0 saturated heterocycles. The van der Waals surface area contributed by atoms with Gasteiger partial charge in [0.15, 0.2) is 6.29 Å². The molecule has 0 bridgehead atoms. The first-order valence-corrected chi connectivity index (χ1v) is 7.00. The predicted octanol–water partition coefficient (Wildman–Crippen LogP) is 5.13. The van der Waals surface area contributed by atoms with Gasteiger partial charge in [0, 0.05) is 5.56 Å². The fraction of sp³-hybridized carbons (Fsp3) is 0.0500. The Kier molecular flexibility index (Phi) is 3.65. The van der Waals surface area contributed by atoms with E-state index in [2.05, 4.69) is 37.3 Å². The molecule has 0 spiro atoms. The van der Waals surface area contributed by atoms with Gasteiger partial charge in [0.1, 0.15) is 0 Å². The molecule has 0 unspecified atom stereocenters. The monoisotopic (exact) mass is 272 g/mol. The van der Waals surface area contributed by atoms with Crippen molar-refractivity contribution in [1.82, 2.24) is 0 Å². The largest absolute Gasteiger partial charge is 0.298 e. The van der Waals surface area contributed by atoms with Crippen LogP contribution in [0.3, 0.4) is 0 Å². The molecule has 0 aliphatic heterocycles. The molecule has 0 fully saturated rings. The molecule has 21 heavy (non-hydrogen) atoms. The Balaban J connectivity index is 2.15. The highest BCUT2D eigenvalue weighted by atomic mass is 16.1. The van der Waals surface area contributed by atoms with Gasteiger partial charge < -0.3 is 0 Å². The number of fused-ring (bicyclic) bond motifs is 1. The van der Waals surface area contributed by atoms with Crippen molar-refractivity contribution in [1.29, 1.82) is 0 Å². The average molecular weight is 272 g/mol. The zero-order valence-corrected chi connectivity index (χ0v) is 11.9. The smallest absolute Gasteiger partial charge is 0.150 e. The quantitative estimate of drug-likeness (QED) is 0.477. The van der Waals surface area contributed by atoms with Crippen molar-refractivity contribution in [3.63, 3.8) is 0 Å². The normalized spacial score (nSPS) is 11.1. The highest BCUT2D eigenvalue weighted by Crippen LogP contribution is 2.24. The lowest BCUT2D eigenvalue weighted by Gasteiger charge is -2.06. The van der Waals surface area contributed by atoms with E-state index in [0.717, 1.165) is 28.2 Å². The maximum atomic E-state index is 11.3.